The van der Waals surface area contributed by atoms with E-state index in [1.54, 1.807) is 38.5 Å². The number of hydrogen-bond donors (Lipinski definition) is 1. The van der Waals surface area contributed by atoms with Crippen LogP contribution < -0.4 is 5.73 Å². The molecule has 0 radical (unpaired) electrons. The van der Waals surface area contributed by atoms with Crippen molar-refractivity contribution in [2.45, 2.75) is 44.9 Å². The molecule has 0 amide bonds. The Hall–Kier alpha value is -0.120. The monoisotopic (exact) mass is 291 g/mol. The van der Waals surface area contributed by atoms with Crippen LogP contribution >= 0.6 is 0 Å². The first-order valence-corrected chi connectivity index (χ1v) is 9.39. The largest absolute Gasteiger partial charge is 0.329 e. The third-order valence-corrected chi connectivity index (χ3v) is 7.03. The molecule has 120 valence electrons. The quantitative estimate of drug-likeness (QED) is 0.842. The molecule has 1 heterocycles. The van der Waals surface area contributed by atoms with E-state index in [0.29, 0.717) is 0 Å². The van der Waals surface area contributed by atoms with E-state index in [1.165, 1.54) is 39.1 Å². The van der Waals surface area contributed by atoms with E-state index in [-0.39, 0.29) is 0 Å². The van der Waals surface area contributed by atoms with Gasteiger partial charge in [0.2, 0.25) is 0 Å². The molecule has 21 heavy (non-hydrogen) atoms. The summed E-state index contributed by atoms with van der Waals surface area (Å²) in [5.41, 5.74) is 6.43. The summed E-state index contributed by atoms with van der Waals surface area (Å²) in [6, 6.07) is 0. The lowest BCUT2D eigenvalue weighted by atomic mass is 9.49. The van der Waals surface area contributed by atoms with Gasteiger partial charge in [-0.1, -0.05) is 0 Å². The van der Waals surface area contributed by atoms with Gasteiger partial charge in [-0.15, -0.1) is 0 Å². The first-order valence-electron chi connectivity index (χ1n) is 9.39. The van der Waals surface area contributed by atoms with E-state index in [4.69, 9.17) is 5.73 Å². The Morgan fingerprint density at radius 3 is 1.71 bits per heavy atom. The normalized spacial score (nSPS) is 43.6. The molecule has 0 spiro atoms. The molecule has 3 heteroatoms. The van der Waals surface area contributed by atoms with Gasteiger partial charge in [-0.05, 0) is 74.7 Å². The Kier molecular flexibility index (Phi) is 4.01. The summed E-state index contributed by atoms with van der Waals surface area (Å²) in [7, 11) is 0. The SMILES string of the molecule is NCCN1CCN(CCC23CC4CC(CC(C4)C2)C3)CC1. The van der Waals surface area contributed by atoms with Crippen molar-refractivity contribution in [3.8, 4) is 0 Å². The molecule has 3 nitrogen and oxygen atoms in total. The van der Waals surface area contributed by atoms with Crippen LogP contribution in [0.1, 0.15) is 44.9 Å². The van der Waals surface area contributed by atoms with Gasteiger partial charge < -0.3 is 10.6 Å². The molecule has 5 aliphatic rings. The summed E-state index contributed by atoms with van der Waals surface area (Å²) in [5, 5.41) is 0. The minimum absolute atomic E-state index is 0.767. The Bertz CT molecular complexity index is 324. The van der Waals surface area contributed by atoms with E-state index in [0.717, 1.165) is 36.3 Å². The number of hydrogen-bond acceptors (Lipinski definition) is 3. The second-order valence-electron chi connectivity index (χ2n) is 8.64. The van der Waals surface area contributed by atoms with Crippen LogP contribution in [0.4, 0.5) is 0 Å². The van der Waals surface area contributed by atoms with Gasteiger partial charge in [0, 0.05) is 39.3 Å². The van der Waals surface area contributed by atoms with Crippen molar-refractivity contribution in [1.29, 1.82) is 0 Å². The van der Waals surface area contributed by atoms with Crippen LogP contribution in [0.25, 0.3) is 0 Å². The summed E-state index contributed by atoms with van der Waals surface area (Å²) in [4.78, 5) is 5.26. The maximum absolute atomic E-state index is 5.67. The smallest absolute Gasteiger partial charge is 0.0110 e. The summed E-state index contributed by atoms with van der Waals surface area (Å²) < 4.78 is 0. The van der Waals surface area contributed by atoms with Crippen molar-refractivity contribution >= 4 is 0 Å². The Balaban J connectivity index is 1.28. The molecular weight excluding hydrogens is 258 g/mol. The summed E-state index contributed by atoms with van der Waals surface area (Å²) >= 11 is 0. The highest BCUT2D eigenvalue weighted by Gasteiger charge is 2.50. The van der Waals surface area contributed by atoms with Crippen molar-refractivity contribution < 1.29 is 0 Å². The van der Waals surface area contributed by atoms with E-state index >= 15 is 0 Å². The molecule has 0 aromatic heterocycles. The van der Waals surface area contributed by atoms with Gasteiger partial charge in [-0.2, -0.15) is 0 Å². The zero-order chi connectivity index (χ0) is 14.3. The molecule has 0 atom stereocenters. The molecule has 4 bridgehead atoms. The van der Waals surface area contributed by atoms with E-state index in [2.05, 4.69) is 9.80 Å². The van der Waals surface area contributed by atoms with Gasteiger partial charge >= 0.3 is 0 Å². The lowest BCUT2D eigenvalue weighted by Crippen LogP contribution is -2.50. The van der Waals surface area contributed by atoms with Gasteiger partial charge in [0.05, 0.1) is 0 Å². The predicted octanol–water partition coefficient (Wildman–Crippen LogP) is 2.17. The highest BCUT2D eigenvalue weighted by Crippen LogP contribution is 2.61. The highest BCUT2D eigenvalue weighted by atomic mass is 15.3. The second kappa shape index (κ2) is 5.82. The number of nitrogens with two attached hydrogens (primary N) is 1. The molecule has 1 saturated heterocycles. The van der Waals surface area contributed by atoms with Gasteiger partial charge in [0.25, 0.3) is 0 Å². The van der Waals surface area contributed by atoms with Crippen LogP contribution in [0.5, 0.6) is 0 Å². The van der Waals surface area contributed by atoms with Crippen molar-refractivity contribution in [3.63, 3.8) is 0 Å². The average molecular weight is 291 g/mol. The molecule has 5 rings (SSSR count). The minimum atomic E-state index is 0.767. The molecule has 0 aromatic rings. The molecule has 2 N–H and O–H groups in total. The maximum atomic E-state index is 5.67. The minimum Gasteiger partial charge on any atom is -0.329 e. The van der Waals surface area contributed by atoms with Gasteiger partial charge in [-0.3, -0.25) is 4.90 Å². The third kappa shape index (κ3) is 3.02. The zero-order valence-electron chi connectivity index (χ0n) is 13.6. The zero-order valence-corrected chi connectivity index (χ0v) is 13.6. The van der Waals surface area contributed by atoms with E-state index < -0.39 is 0 Å². The molecule has 0 unspecified atom stereocenters. The summed E-state index contributed by atoms with van der Waals surface area (Å²) in [6.45, 7) is 8.27. The summed E-state index contributed by atoms with van der Waals surface area (Å²) in [5.74, 6) is 3.33. The van der Waals surface area contributed by atoms with Crippen LogP contribution in [-0.4, -0.2) is 55.6 Å². The molecule has 0 aromatic carbocycles. The topological polar surface area (TPSA) is 32.5 Å². The molecule has 1 aliphatic heterocycles. The van der Waals surface area contributed by atoms with Crippen LogP contribution in [0, 0.1) is 23.2 Å². The van der Waals surface area contributed by atoms with Gasteiger partial charge in [-0.25, -0.2) is 0 Å². The van der Waals surface area contributed by atoms with Crippen molar-refractivity contribution in [2.24, 2.45) is 28.9 Å². The van der Waals surface area contributed by atoms with Crippen LogP contribution in [-0.2, 0) is 0 Å². The first-order chi connectivity index (χ1) is 10.2. The molecular formula is C18H33N3. The standard InChI is InChI=1S/C18H33N3/c19-2-4-21-7-5-20(6-8-21)3-1-18-12-15-9-16(13-18)11-17(10-15)14-18/h15-17H,1-14,19H2. The predicted molar refractivity (Wildman–Crippen MR) is 87.2 cm³/mol. The summed E-state index contributed by atoms with van der Waals surface area (Å²) in [6.07, 6.45) is 11.0. The van der Waals surface area contributed by atoms with Gasteiger partial charge in [0.1, 0.15) is 0 Å². The number of rotatable bonds is 5. The number of nitrogens with zero attached hydrogens (tertiary/aromatic N) is 2. The first kappa shape index (κ1) is 14.5. The Morgan fingerprint density at radius 1 is 0.762 bits per heavy atom. The van der Waals surface area contributed by atoms with Crippen LogP contribution in [0.15, 0.2) is 0 Å². The fourth-order valence-corrected chi connectivity index (χ4v) is 6.41. The molecule has 4 saturated carbocycles. The fraction of sp³-hybridized carbons (Fsp3) is 1.00. The second-order valence-corrected chi connectivity index (χ2v) is 8.64. The number of piperazine rings is 1. The van der Waals surface area contributed by atoms with E-state index in [9.17, 15) is 0 Å². The van der Waals surface area contributed by atoms with Crippen LogP contribution in [0.2, 0.25) is 0 Å². The van der Waals surface area contributed by atoms with Crippen molar-refractivity contribution in [3.05, 3.63) is 0 Å². The maximum Gasteiger partial charge on any atom is 0.0110 e. The Labute approximate surface area is 130 Å². The highest BCUT2D eigenvalue weighted by molar-refractivity contribution is 5.01. The average Bonchev–Trinajstić information content (AvgIpc) is 2.46. The van der Waals surface area contributed by atoms with Crippen LogP contribution in [0.3, 0.4) is 0 Å². The van der Waals surface area contributed by atoms with Gasteiger partial charge in [0.15, 0.2) is 0 Å². The lowest BCUT2D eigenvalue weighted by Gasteiger charge is -2.57. The van der Waals surface area contributed by atoms with Crippen molar-refractivity contribution in [1.82, 2.24) is 9.80 Å². The Morgan fingerprint density at radius 2 is 1.24 bits per heavy atom. The fourth-order valence-electron chi connectivity index (χ4n) is 6.41. The molecule has 4 aliphatic carbocycles. The molecule has 5 fully saturated rings. The lowest BCUT2D eigenvalue weighted by molar-refractivity contribution is -0.0622. The van der Waals surface area contributed by atoms with E-state index in [1.807, 2.05) is 0 Å². The van der Waals surface area contributed by atoms with Crippen molar-refractivity contribution in [2.75, 3.05) is 45.8 Å². The third-order valence-electron chi connectivity index (χ3n) is 7.03.